The van der Waals surface area contributed by atoms with E-state index in [0.29, 0.717) is 12.2 Å². The van der Waals surface area contributed by atoms with Gasteiger partial charge in [-0.25, -0.2) is 9.38 Å². The number of rotatable bonds is 1. The lowest BCUT2D eigenvalue weighted by atomic mass is 9.81. The number of amidine groups is 1. The van der Waals surface area contributed by atoms with E-state index in [0.717, 1.165) is 12.8 Å². The Morgan fingerprint density at radius 2 is 2.21 bits per heavy atom. The van der Waals surface area contributed by atoms with Gasteiger partial charge in [-0.1, -0.05) is 18.2 Å². The number of ether oxygens (including phenoxy) is 2. The molecular formula is C14H17FN2O2. The summed E-state index contributed by atoms with van der Waals surface area (Å²) in [6.07, 6.45) is 1.31. The van der Waals surface area contributed by atoms with Crippen LogP contribution >= 0.6 is 0 Å². The van der Waals surface area contributed by atoms with E-state index in [2.05, 4.69) is 4.99 Å². The van der Waals surface area contributed by atoms with E-state index in [1.165, 1.54) is 6.07 Å². The zero-order valence-electron chi connectivity index (χ0n) is 10.8. The van der Waals surface area contributed by atoms with E-state index in [4.69, 9.17) is 15.2 Å². The first-order chi connectivity index (χ1) is 9.11. The van der Waals surface area contributed by atoms with Crippen LogP contribution in [0.1, 0.15) is 25.3 Å². The third kappa shape index (κ3) is 1.98. The fourth-order valence-corrected chi connectivity index (χ4v) is 2.96. The summed E-state index contributed by atoms with van der Waals surface area (Å²) in [6.45, 7) is 2.49. The maximum atomic E-state index is 14.1. The van der Waals surface area contributed by atoms with Crippen LogP contribution in [-0.2, 0) is 15.0 Å². The smallest absolute Gasteiger partial charge is 0.283 e. The summed E-state index contributed by atoms with van der Waals surface area (Å²) in [5.41, 5.74) is 5.42. The Morgan fingerprint density at radius 3 is 3.00 bits per heavy atom. The summed E-state index contributed by atoms with van der Waals surface area (Å²) in [6, 6.07) is 6.72. The predicted octanol–water partition coefficient (Wildman–Crippen LogP) is 1.93. The van der Waals surface area contributed by atoms with E-state index in [9.17, 15) is 4.39 Å². The lowest BCUT2D eigenvalue weighted by Crippen LogP contribution is -2.54. The van der Waals surface area contributed by atoms with Crippen molar-refractivity contribution < 1.29 is 13.9 Å². The highest BCUT2D eigenvalue weighted by atomic mass is 19.1. The topological polar surface area (TPSA) is 56.8 Å². The summed E-state index contributed by atoms with van der Waals surface area (Å²) in [4.78, 5) is 4.34. The molecule has 0 aromatic heterocycles. The van der Waals surface area contributed by atoms with Gasteiger partial charge in [0.05, 0.1) is 0 Å². The first-order valence-electron chi connectivity index (χ1n) is 6.50. The average Bonchev–Trinajstić information content (AvgIpc) is 2.39. The van der Waals surface area contributed by atoms with E-state index in [-0.39, 0.29) is 24.0 Å². The standard InChI is InChI=1S/C14H17FN2O2/c1-14(9-5-2-3-6-10(9)15)12-11(7-4-8-18-12)19-13(16)17-14/h2-3,5-6,11-12H,4,7-8H2,1H3,(H2,16,17)/t11-,12+,14-/m1/s1. The Labute approximate surface area is 111 Å². The molecule has 3 atom stereocenters. The number of nitrogens with zero attached hydrogens (tertiary/aromatic N) is 1. The van der Waals surface area contributed by atoms with Crippen molar-refractivity contribution in [1.82, 2.24) is 0 Å². The van der Waals surface area contributed by atoms with Gasteiger partial charge < -0.3 is 15.2 Å². The molecule has 1 fully saturated rings. The number of fused-ring (bicyclic) bond motifs is 1. The largest absolute Gasteiger partial charge is 0.459 e. The van der Waals surface area contributed by atoms with Crippen LogP contribution < -0.4 is 5.73 Å². The minimum absolute atomic E-state index is 0.109. The van der Waals surface area contributed by atoms with Gasteiger partial charge in [-0.05, 0) is 25.8 Å². The summed E-state index contributed by atoms with van der Waals surface area (Å²) in [5.74, 6) is -0.295. The van der Waals surface area contributed by atoms with E-state index < -0.39 is 5.54 Å². The molecule has 0 amide bonds. The van der Waals surface area contributed by atoms with Crippen molar-refractivity contribution in [3.05, 3.63) is 35.6 Å². The highest BCUT2D eigenvalue weighted by Crippen LogP contribution is 2.40. The molecular weight excluding hydrogens is 247 g/mol. The monoisotopic (exact) mass is 264 g/mol. The molecule has 0 saturated carbocycles. The van der Waals surface area contributed by atoms with Gasteiger partial charge in [0.1, 0.15) is 23.6 Å². The molecule has 0 aliphatic carbocycles. The lowest BCUT2D eigenvalue weighted by Gasteiger charge is -2.44. The third-order valence-corrected chi connectivity index (χ3v) is 3.86. The van der Waals surface area contributed by atoms with Crippen LogP contribution in [0.15, 0.2) is 29.3 Å². The van der Waals surface area contributed by atoms with Crippen LogP contribution in [0, 0.1) is 5.82 Å². The highest BCUT2D eigenvalue weighted by molar-refractivity contribution is 5.73. The van der Waals surface area contributed by atoms with Gasteiger partial charge in [0.25, 0.3) is 6.02 Å². The molecule has 3 rings (SSSR count). The molecule has 19 heavy (non-hydrogen) atoms. The van der Waals surface area contributed by atoms with Crippen LogP contribution in [0.5, 0.6) is 0 Å². The SMILES string of the molecule is C[C@]1(c2ccccc2F)N=C(N)O[C@@H]2CCCO[C@@H]21. The van der Waals surface area contributed by atoms with E-state index in [1.807, 2.05) is 6.92 Å². The number of nitrogens with two attached hydrogens (primary N) is 1. The van der Waals surface area contributed by atoms with Crippen molar-refractivity contribution in [2.45, 2.75) is 37.5 Å². The minimum Gasteiger partial charge on any atom is -0.459 e. The summed E-state index contributed by atoms with van der Waals surface area (Å²) < 4.78 is 25.4. The van der Waals surface area contributed by atoms with Crippen molar-refractivity contribution in [1.29, 1.82) is 0 Å². The van der Waals surface area contributed by atoms with Crippen molar-refractivity contribution in [3.8, 4) is 0 Å². The number of hydrogen-bond donors (Lipinski definition) is 1. The molecule has 1 aromatic carbocycles. The molecule has 5 heteroatoms. The normalized spacial score (nSPS) is 34.1. The molecule has 2 aliphatic heterocycles. The summed E-state index contributed by atoms with van der Waals surface area (Å²) in [5, 5.41) is 0. The second-order valence-corrected chi connectivity index (χ2v) is 5.17. The van der Waals surface area contributed by atoms with Crippen molar-refractivity contribution in [3.63, 3.8) is 0 Å². The third-order valence-electron chi connectivity index (χ3n) is 3.86. The molecule has 102 valence electrons. The number of halogens is 1. The maximum absolute atomic E-state index is 14.1. The molecule has 1 aromatic rings. The zero-order chi connectivity index (χ0) is 13.5. The summed E-state index contributed by atoms with van der Waals surface area (Å²) >= 11 is 0. The summed E-state index contributed by atoms with van der Waals surface area (Å²) in [7, 11) is 0. The Bertz CT molecular complexity index is 520. The minimum atomic E-state index is -0.835. The zero-order valence-corrected chi connectivity index (χ0v) is 10.8. The Kier molecular flexibility index (Phi) is 2.93. The molecule has 0 spiro atoms. The van der Waals surface area contributed by atoms with Gasteiger partial charge in [0, 0.05) is 12.2 Å². The van der Waals surface area contributed by atoms with Crippen molar-refractivity contribution >= 4 is 6.02 Å². The number of benzene rings is 1. The average molecular weight is 264 g/mol. The molecule has 2 aliphatic rings. The lowest BCUT2D eigenvalue weighted by molar-refractivity contribution is -0.114. The number of aliphatic imine (C=N–C) groups is 1. The fraction of sp³-hybridized carbons (Fsp3) is 0.500. The van der Waals surface area contributed by atoms with Gasteiger partial charge in [-0.3, -0.25) is 0 Å². The first kappa shape index (κ1) is 12.4. The predicted molar refractivity (Wildman–Crippen MR) is 69.2 cm³/mol. The molecule has 0 bridgehead atoms. The van der Waals surface area contributed by atoms with Gasteiger partial charge in [-0.2, -0.15) is 0 Å². The van der Waals surface area contributed by atoms with Crippen LogP contribution in [0.2, 0.25) is 0 Å². The van der Waals surface area contributed by atoms with Gasteiger partial charge in [-0.15, -0.1) is 0 Å². The fourth-order valence-electron chi connectivity index (χ4n) is 2.96. The van der Waals surface area contributed by atoms with Gasteiger partial charge >= 0.3 is 0 Å². The molecule has 0 radical (unpaired) electrons. The van der Waals surface area contributed by atoms with Crippen LogP contribution in [0.3, 0.4) is 0 Å². The van der Waals surface area contributed by atoms with Crippen LogP contribution in [-0.4, -0.2) is 24.8 Å². The van der Waals surface area contributed by atoms with E-state index >= 15 is 0 Å². The Balaban J connectivity index is 2.09. The van der Waals surface area contributed by atoms with Gasteiger partial charge in [0.2, 0.25) is 0 Å². The molecule has 2 N–H and O–H groups in total. The molecule has 1 saturated heterocycles. The Hall–Kier alpha value is -1.62. The maximum Gasteiger partial charge on any atom is 0.283 e. The second kappa shape index (κ2) is 4.49. The first-order valence-corrected chi connectivity index (χ1v) is 6.50. The molecule has 4 nitrogen and oxygen atoms in total. The van der Waals surface area contributed by atoms with Crippen molar-refractivity contribution in [2.75, 3.05) is 6.61 Å². The van der Waals surface area contributed by atoms with Gasteiger partial charge in [0.15, 0.2) is 0 Å². The van der Waals surface area contributed by atoms with Crippen molar-refractivity contribution in [2.24, 2.45) is 10.7 Å². The van der Waals surface area contributed by atoms with Crippen LogP contribution in [0.4, 0.5) is 4.39 Å². The second-order valence-electron chi connectivity index (χ2n) is 5.17. The van der Waals surface area contributed by atoms with E-state index in [1.54, 1.807) is 18.2 Å². The molecule has 0 unspecified atom stereocenters. The quantitative estimate of drug-likeness (QED) is 0.843. The molecule has 2 heterocycles. The van der Waals surface area contributed by atoms with Crippen LogP contribution in [0.25, 0.3) is 0 Å². The Morgan fingerprint density at radius 1 is 1.42 bits per heavy atom. The highest BCUT2D eigenvalue weighted by Gasteiger charge is 2.48. The number of hydrogen-bond acceptors (Lipinski definition) is 4.